The van der Waals surface area contributed by atoms with Crippen LogP contribution in [0, 0.1) is 5.41 Å². The first kappa shape index (κ1) is 8.04. The van der Waals surface area contributed by atoms with Crippen molar-refractivity contribution >= 4 is 11.9 Å². The average Bonchev–Trinajstić information content (AvgIpc) is 2.71. The lowest BCUT2D eigenvalue weighted by Gasteiger charge is -2.19. The molecule has 0 atom stereocenters. The van der Waals surface area contributed by atoms with Gasteiger partial charge in [0, 0.05) is 13.1 Å². The van der Waals surface area contributed by atoms with Crippen molar-refractivity contribution in [1.82, 2.24) is 10.2 Å². The van der Waals surface area contributed by atoms with Crippen LogP contribution in [0.25, 0.3) is 0 Å². The number of nitrogens with one attached hydrogen (secondary N) is 2. The maximum absolute atomic E-state index is 11.1. The van der Waals surface area contributed by atoms with Gasteiger partial charge in [-0.25, -0.2) is 4.79 Å². The molecule has 0 heterocycles. The number of hydrogen-bond donors (Lipinski definition) is 2. The number of nitrogens with zero attached hydrogens (tertiary/aromatic N) is 1. The van der Waals surface area contributed by atoms with Crippen LogP contribution in [0.15, 0.2) is 0 Å². The first-order valence-electron chi connectivity index (χ1n) is 3.73. The maximum Gasteiger partial charge on any atom is 0.322 e. The Morgan fingerprint density at radius 2 is 2.18 bits per heavy atom. The summed E-state index contributed by atoms with van der Waals surface area (Å²) in [6.07, 6.45) is 2.06. The summed E-state index contributed by atoms with van der Waals surface area (Å²) in [7, 11) is 1.58. The van der Waals surface area contributed by atoms with E-state index in [1.54, 1.807) is 14.0 Å². The molecule has 1 aliphatic rings. The van der Waals surface area contributed by atoms with Crippen molar-refractivity contribution in [1.29, 1.82) is 5.41 Å². The topological polar surface area (TPSA) is 56.2 Å². The van der Waals surface area contributed by atoms with Crippen LogP contribution in [0.5, 0.6) is 0 Å². The molecule has 0 bridgehead atoms. The normalized spacial score (nSPS) is 15.8. The second kappa shape index (κ2) is 2.90. The fourth-order valence-corrected chi connectivity index (χ4v) is 1.05. The summed E-state index contributed by atoms with van der Waals surface area (Å²) in [5.41, 5.74) is 0. The number of carbonyl (C=O) groups is 1. The third-order valence-corrected chi connectivity index (χ3v) is 1.71. The van der Waals surface area contributed by atoms with E-state index in [0.29, 0.717) is 5.84 Å². The number of carbonyl (C=O) groups excluding carboxylic acids is 1. The number of amides is 2. The molecule has 1 saturated carbocycles. The summed E-state index contributed by atoms with van der Waals surface area (Å²) in [6, 6.07) is 0.118. The SMILES string of the molecule is CNC(=O)N(C(C)=N)C1CC1. The highest BCUT2D eigenvalue weighted by atomic mass is 16.2. The second-order valence-corrected chi connectivity index (χ2v) is 2.74. The van der Waals surface area contributed by atoms with Gasteiger partial charge in [-0.1, -0.05) is 0 Å². The van der Waals surface area contributed by atoms with E-state index in [0.717, 1.165) is 12.8 Å². The van der Waals surface area contributed by atoms with Crippen LogP contribution >= 0.6 is 0 Å². The molecule has 0 aromatic heterocycles. The van der Waals surface area contributed by atoms with E-state index >= 15 is 0 Å². The Balaban J connectivity index is 2.58. The average molecular weight is 155 g/mol. The molecule has 4 nitrogen and oxygen atoms in total. The third-order valence-electron chi connectivity index (χ3n) is 1.71. The van der Waals surface area contributed by atoms with Crippen molar-refractivity contribution in [2.75, 3.05) is 7.05 Å². The van der Waals surface area contributed by atoms with Gasteiger partial charge in [0.05, 0.1) is 0 Å². The van der Waals surface area contributed by atoms with Crippen molar-refractivity contribution in [3.05, 3.63) is 0 Å². The highest BCUT2D eigenvalue weighted by Gasteiger charge is 2.33. The molecule has 0 radical (unpaired) electrons. The number of amidine groups is 1. The van der Waals surface area contributed by atoms with Crippen LogP contribution in [0.1, 0.15) is 19.8 Å². The zero-order valence-corrected chi connectivity index (χ0v) is 6.85. The van der Waals surface area contributed by atoms with Crippen LogP contribution in [0.2, 0.25) is 0 Å². The fourth-order valence-electron chi connectivity index (χ4n) is 1.05. The van der Waals surface area contributed by atoms with E-state index in [4.69, 9.17) is 5.41 Å². The zero-order valence-electron chi connectivity index (χ0n) is 6.85. The largest absolute Gasteiger partial charge is 0.341 e. The lowest BCUT2D eigenvalue weighted by Crippen LogP contribution is -2.42. The second-order valence-electron chi connectivity index (χ2n) is 2.74. The van der Waals surface area contributed by atoms with E-state index in [1.165, 1.54) is 4.90 Å². The van der Waals surface area contributed by atoms with Crippen molar-refractivity contribution in [3.8, 4) is 0 Å². The first-order valence-corrected chi connectivity index (χ1v) is 3.73. The van der Waals surface area contributed by atoms with E-state index in [-0.39, 0.29) is 12.1 Å². The van der Waals surface area contributed by atoms with Gasteiger partial charge in [-0.2, -0.15) is 0 Å². The van der Waals surface area contributed by atoms with Crippen LogP contribution in [-0.4, -0.2) is 29.9 Å². The van der Waals surface area contributed by atoms with E-state index < -0.39 is 0 Å². The van der Waals surface area contributed by atoms with Crippen molar-refractivity contribution in [3.63, 3.8) is 0 Å². The highest BCUT2D eigenvalue weighted by Crippen LogP contribution is 2.26. The smallest absolute Gasteiger partial charge is 0.322 e. The van der Waals surface area contributed by atoms with Crippen LogP contribution in [-0.2, 0) is 0 Å². The Morgan fingerprint density at radius 3 is 2.45 bits per heavy atom. The van der Waals surface area contributed by atoms with Crippen molar-refractivity contribution in [2.45, 2.75) is 25.8 Å². The number of hydrogen-bond acceptors (Lipinski definition) is 2. The summed E-state index contributed by atoms with van der Waals surface area (Å²) >= 11 is 0. The van der Waals surface area contributed by atoms with Gasteiger partial charge in [0.1, 0.15) is 5.84 Å². The molecule has 0 saturated heterocycles. The monoisotopic (exact) mass is 155 g/mol. The van der Waals surface area contributed by atoms with Gasteiger partial charge in [0.2, 0.25) is 0 Å². The molecule has 2 amide bonds. The minimum absolute atomic E-state index is 0.167. The molecule has 0 aromatic rings. The summed E-state index contributed by atoms with van der Waals surface area (Å²) in [5, 5.41) is 9.83. The lowest BCUT2D eigenvalue weighted by atomic mass is 10.5. The molecule has 0 unspecified atom stereocenters. The minimum Gasteiger partial charge on any atom is -0.341 e. The molecular formula is C7H13N3O. The molecule has 1 fully saturated rings. The Morgan fingerprint density at radius 1 is 1.64 bits per heavy atom. The summed E-state index contributed by atoms with van der Waals surface area (Å²) in [5.74, 6) is 0.326. The Hall–Kier alpha value is -1.06. The first-order chi connectivity index (χ1) is 5.16. The Bertz CT molecular complexity index is 186. The van der Waals surface area contributed by atoms with Gasteiger partial charge >= 0.3 is 6.03 Å². The molecule has 0 spiro atoms. The third kappa shape index (κ3) is 1.69. The van der Waals surface area contributed by atoms with Crippen LogP contribution in [0.3, 0.4) is 0 Å². The predicted octanol–water partition coefficient (Wildman–Crippen LogP) is 0.787. The van der Waals surface area contributed by atoms with Crippen LogP contribution < -0.4 is 5.32 Å². The molecule has 0 aromatic carbocycles. The van der Waals surface area contributed by atoms with Gasteiger partial charge in [-0.3, -0.25) is 10.3 Å². The standard InChI is InChI=1S/C7H13N3O/c1-5(8)10(6-3-4-6)7(11)9-2/h6,8H,3-4H2,1-2H3,(H,9,11). The maximum atomic E-state index is 11.1. The van der Waals surface area contributed by atoms with Gasteiger partial charge in [-0.05, 0) is 19.8 Å². The Kier molecular flexibility index (Phi) is 2.12. The molecule has 1 aliphatic carbocycles. The molecule has 11 heavy (non-hydrogen) atoms. The van der Waals surface area contributed by atoms with Crippen molar-refractivity contribution < 1.29 is 4.79 Å². The summed E-state index contributed by atoms with van der Waals surface area (Å²) in [6.45, 7) is 1.63. The summed E-state index contributed by atoms with van der Waals surface area (Å²) < 4.78 is 0. The van der Waals surface area contributed by atoms with E-state index in [9.17, 15) is 4.79 Å². The van der Waals surface area contributed by atoms with E-state index in [1.807, 2.05) is 0 Å². The van der Waals surface area contributed by atoms with Gasteiger partial charge in [0.15, 0.2) is 0 Å². The predicted molar refractivity (Wildman–Crippen MR) is 42.7 cm³/mol. The van der Waals surface area contributed by atoms with Gasteiger partial charge < -0.3 is 5.32 Å². The quantitative estimate of drug-likeness (QED) is 0.427. The number of rotatable bonds is 1. The minimum atomic E-state index is -0.167. The van der Waals surface area contributed by atoms with Crippen LogP contribution in [0.4, 0.5) is 4.79 Å². The zero-order chi connectivity index (χ0) is 8.43. The van der Waals surface area contributed by atoms with E-state index in [2.05, 4.69) is 5.32 Å². The van der Waals surface area contributed by atoms with Crippen molar-refractivity contribution in [2.24, 2.45) is 0 Å². The fraction of sp³-hybridized carbons (Fsp3) is 0.714. The Labute approximate surface area is 66.1 Å². The van der Waals surface area contributed by atoms with Gasteiger partial charge in [0.25, 0.3) is 0 Å². The molecule has 2 N–H and O–H groups in total. The lowest BCUT2D eigenvalue weighted by molar-refractivity contribution is 0.221. The molecule has 1 rings (SSSR count). The van der Waals surface area contributed by atoms with Gasteiger partial charge in [-0.15, -0.1) is 0 Å². The molecular weight excluding hydrogens is 142 g/mol. The highest BCUT2D eigenvalue weighted by molar-refractivity contribution is 5.95. The summed E-state index contributed by atoms with van der Waals surface area (Å²) in [4.78, 5) is 12.6. The number of urea groups is 1. The molecule has 62 valence electrons. The molecule has 4 heteroatoms. The molecule has 0 aliphatic heterocycles.